The van der Waals surface area contributed by atoms with Crippen LogP contribution in [0.5, 0.6) is 0 Å². The van der Waals surface area contributed by atoms with E-state index >= 15 is 0 Å². The molecule has 0 heterocycles. The van der Waals surface area contributed by atoms with Crippen LogP contribution in [-0.4, -0.2) is 23.5 Å². The molecule has 0 aliphatic carbocycles. The fourth-order valence-corrected chi connectivity index (χ4v) is 0.399. The van der Waals surface area contributed by atoms with Gasteiger partial charge in [-0.1, -0.05) is 0 Å². The summed E-state index contributed by atoms with van der Waals surface area (Å²) in [5, 5.41) is 18.3. The Hall–Kier alpha value is -1.57. The molecule has 0 saturated heterocycles. The van der Waals surface area contributed by atoms with Crippen LogP contribution in [0, 0.1) is 11.3 Å². The summed E-state index contributed by atoms with van der Waals surface area (Å²) in [5.41, 5.74) is 0. The van der Waals surface area contributed by atoms with E-state index < -0.39 is 12.0 Å². The Morgan fingerprint density at radius 3 is 2.80 bits per heavy atom. The predicted octanol–water partition coefficient (Wildman–Crippen LogP) is -0.901. The van der Waals surface area contributed by atoms with Crippen molar-refractivity contribution in [3.8, 4) is 6.07 Å². The lowest BCUT2D eigenvalue weighted by Crippen LogP contribution is -2.28. The van der Waals surface area contributed by atoms with Crippen LogP contribution >= 0.6 is 0 Å². The molecule has 0 spiro atoms. The van der Waals surface area contributed by atoms with Gasteiger partial charge in [-0.15, -0.1) is 0 Å². The van der Waals surface area contributed by atoms with Gasteiger partial charge in [0.05, 0.1) is 12.5 Å². The number of carboxylic acid groups (broad SMARTS) is 1. The van der Waals surface area contributed by atoms with Gasteiger partial charge in [-0.2, -0.15) is 5.26 Å². The van der Waals surface area contributed by atoms with E-state index in [4.69, 9.17) is 10.4 Å². The lowest BCUT2D eigenvalue weighted by molar-refractivity contribution is -0.137. The second kappa shape index (κ2) is 4.32. The second-order valence-corrected chi connectivity index (χ2v) is 1.56. The number of aliphatic carboxylic acids is 1. The Kier molecular flexibility index (Phi) is 3.64. The standard InChI is InChI=1S/C5H6N2O3/c6-2-4(7-3-8)1-5(9)10/h3-4H,1H2,(H,7,8)(H,9,10). The molecule has 1 atom stereocenters. The molecule has 1 amide bonds. The molecule has 0 radical (unpaired) electrons. The second-order valence-electron chi connectivity index (χ2n) is 1.56. The van der Waals surface area contributed by atoms with E-state index in [1.165, 1.54) is 0 Å². The maximum absolute atomic E-state index is 9.94. The quantitative estimate of drug-likeness (QED) is 0.497. The van der Waals surface area contributed by atoms with Crippen LogP contribution in [0.2, 0.25) is 0 Å². The van der Waals surface area contributed by atoms with Crippen molar-refractivity contribution in [2.75, 3.05) is 0 Å². The maximum Gasteiger partial charge on any atom is 0.306 e. The molecule has 5 heteroatoms. The van der Waals surface area contributed by atoms with E-state index in [-0.39, 0.29) is 6.42 Å². The van der Waals surface area contributed by atoms with Crippen LogP contribution in [-0.2, 0) is 9.59 Å². The first-order valence-electron chi connectivity index (χ1n) is 2.51. The molecular weight excluding hydrogens is 136 g/mol. The monoisotopic (exact) mass is 142 g/mol. The summed E-state index contributed by atoms with van der Waals surface area (Å²) >= 11 is 0. The average molecular weight is 142 g/mol. The Morgan fingerprint density at radius 1 is 1.90 bits per heavy atom. The van der Waals surface area contributed by atoms with Crippen LogP contribution in [0.15, 0.2) is 0 Å². The van der Waals surface area contributed by atoms with E-state index in [1.807, 2.05) is 5.32 Å². The van der Waals surface area contributed by atoms with Crippen LogP contribution in [0.3, 0.4) is 0 Å². The van der Waals surface area contributed by atoms with E-state index in [9.17, 15) is 9.59 Å². The van der Waals surface area contributed by atoms with Crippen molar-refractivity contribution in [1.29, 1.82) is 5.26 Å². The van der Waals surface area contributed by atoms with Crippen molar-refractivity contribution in [2.24, 2.45) is 0 Å². The molecule has 0 rings (SSSR count). The van der Waals surface area contributed by atoms with Crippen molar-refractivity contribution < 1.29 is 14.7 Å². The lowest BCUT2D eigenvalue weighted by Gasteiger charge is -2.01. The predicted molar refractivity (Wildman–Crippen MR) is 30.9 cm³/mol. The topological polar surface area (TPSA) is 90.2 Å². The smallest absolute Gasteiger partial charge is 0.306 e. The number of nitrogens with zero attached hydrogens (tertiary/aromatic N) is 1. The van der Waals surface area contributed by atoms with Crippen molar-refractivity contribution in [3.05, 3.63) is 0 Å². The maximum atomic E-state index is 9.94. The minimum atomic E-state index is -1.11. The van der Waals surface area contributed by atoms with Crippen molar-refractivity contribution >= 4 is 12.4 Å². The highest BCUT2D eigenvalue weighted by Crippen LogP contribution is 1.87. The van der Waals surface area contributed by atoms with Gasteiger partial charge in [-0.3, -0.25) is 9.59 Å². The van der Waals surface area contributed by atoms with E-state index in [0.29, 0.717) is 6.41 Å². The number of hydrogen-bond donors (Lipinski definition) is 2. The summed E-state index contributed by atoms with van der Waals surface area (Å²) in [6, 6.07) is 0.690. The Morgan fingerprint density at radius 2 is 2.50 bits per heavy atom. The molecule has 0 aromatic rings. The zero-order chi connectivity index (χ0) is 7.98. The number of nitrogens with one attached hydrogen (secondary N) is 1. The first kappa shape index (κ1) is 8.43. The summed E-state index contributed by atoms with van der Waals surface area (Å²) in [6.07, 6.45) is -0.0634. The Labute approximate surface area is 57.3 Å². The first-order valence-corrected chi connectivity index (χ1v) is 2.51. The van der Waals surface area contributed by atoms with Gasteiger partial charge in [0.15, 0.2) is 0 Å². The summed E-state index contributed by atoms with van der Waals surface area (Å²) < 4.78 is 0. The van der Waals surface area contributed by atoms with Gasteiger partial charge >= 0.3 is 5.97 Å². The summed E-state index contributed by atoms with van der Waals surface area (Å²) in [6.45, 7) is 0. The van der Waals surface area contributed by atoms with Gasteiger partial charge in [-0.25, -0.2) is 0 Å². The molecule has 10 heavy (non-hydrogen) atoms. The summed E-state index contributed by atoms with van der Waals surface area (Å²) in [4.78, 5) is 19.6. The minimum absolute atomic E-state index is 0.302. The molecule has 0 aromatic carbocycles. The van der Waals surface area contributed by atoms with Gasteiger partial charge in [0.2, 0.25) is 6.41 Å². The normalized spacial score (nSPS) is 11.1. The largest absolute Gasteiger partial charge is 0.481 e. The lowest BCUT2D eigenvalue weighted by atomic mass is 10.2. The third kappa shape index (κ3) is 3.43. The number of carboxylic acids is 1. The molecule has 5 nitrogen and oxygen atoms in total. The molecule has 0 aromatic heterocycles. The highest BCUT2D eigenvalue weighted by atomic mass is 16.4. The van der Waals surface area contributed by atoms with Gasteiger partial charge in [0.1, 0.15) is 6.04 Å². The number of nitriles is 1. The van der Waals surface area contributed by atoms with Crippen molar-refractivity contribution in [2.45, 2.75) is 12.5 Å². The Bertz CT molecular complexity index is 172. The van der Waals surface area contributed by atoms with Gasteiger partial charge < -0.3 is 10.4 Å². The molecule has 0 saturated carbocycles. The van der Waals surface area contributed by atoms with Crippen LogP contribution in [0.1, 0.15) is 6.42 Å². The van der Waals surface area contributed by atoms with E-state index in [0.717, 1.165) is 0 Å². The molecule has 0 aliphatic rings. The zero-order valence-electron chi connectivity index (χ0n) is 5.07. The molecule has 2 N–H and O–H groups in total. The molecule has 0 fully saturated rings. The SMILES string of the molecule is N#CC(CC(=O)O)NC=O. The molecule has 1 unspecified atom stereocenters. The van der Waals surface area contributed by atoms with E-state index in [2.05, 4.69) is 0 Å². The molecular formula is C5H6N2O3. The van der Waals surface area contributed by atoms with Gasteiger partial charge in [0.25, 0.3) is 0 Å². The molecule has 0 aliphatic heterocycles. The van der Waals surface area contributed by atoms with Crippen molar-refractivity contribution in [3.63, 3.8) is 0 Å². The minimum Gasteiger partial charge on any atom is -0.481 e. The number of rotatable bonds is 4. The number of hydrogen-bond acceptors (Lipinski definition) is 3. The highest BCUT2D eigenvalue weighted by molar-refractivity contribution is 5.68. The van der Waals surface area contributed by atoms with E-state index in [1.54, 1.807) is 6.07 Å². The first-order chi connectivity index (χ1) is 4.70. The summed E-state index contributed by atoms with van der Waals surface area (Å²) in [7, 11) is 0. The fourth-order valence-electron chi connectivity index (χ4n) is 0.399. The van der Waals surface area contributed by atoms with Crippen LogP contribution < -0.4 is 5.32 Å². The number of carbonyl (C=O) groups excluding carboxylic acids is 1. The molecule has 0 bridgehead atoms. The number of amides is 1. The summed E-state index contributed by atoms with van der Waals surface area (Å²) in [5.74, 6) is -1.11. The third-order valence-electron chi connectivity index (χ3n) is 0.804. The van der Waals surface area contributed by atoms with Gasteiger partial charge in [-0.05, 0) is 0 Å². The highest BCUT2D eigenvalue weighted by Gasteiger charge is 2.09. The van der Waals surface area contributed by atoms with Gasteiger partial charge in [0, 0.05) is 0 Å². The van der Waals surface area contributed by atoms with Crippen LogP contribution in [0.4, 0.5) is 0 Å². The molecule has 54 valence electrons. The fraction of sp³-hybridized carbons (Fsp3) is 0.400. The average Bonchev–Trinajstić information content (AvgIpc) is 1.86. The third-order valence-corrected chi connectivity index (χ3v) is 0.804. The number of carbonyl (C=O) groups is 2. The Balaban J connectivity index is 3.74. The zero-order valence-corrected chi connectivity index (χ0v) is 5.07. The van der Waals surface area contributed by atoms with Crippen molar-refractivity contribution in [1.82, 2.24) is 5.32 Å². The van der Waals surface area contributed by atoms with Crippen LogP contribution in [0.25, 0.3) is 0 Å².